The number of hydrogen-bond donors (Lipinski definition) is 2. The van der Waals surface area contributed by atoms with Crippen molar-refractivity contribution in [3.05, 3.63) is 70.8 Å². The smallest absolute Gasteiger partial charge is 0.253 e. The molecule has 0 aliphatic rings. The van der Waals surface area contributed by atoms with Crippen LogP contribution in [0.25, 0.3) is 10.9 Å². The van der Waals surface area contributed by atoms with Crippen LogP contribution >= 0.6 is 0 Å². The number of hydrogen-bond acceptors (Lipinski definition) is 4. The number of ether oxygens (including phenoxy) is 1. The lowest BCUT2D eigenvalue weighted by Gasteiger charge is -2.05. The molecule has 6 heteroatoms. The summed E-state index contributed by atoms with van der Waals surface area (Å²) in [4.78, 5) is 29.5. The van der Waals surface area contributed by atoms with Gasteiger partial charge in [0.1, 0.15) is 17.9 Å². The Hall–Kier alpha value is -3.59. The van der Waals surface area contributed by atoms with Gasteiger partial charge in [0.2, 0.25) is 5.56 Å². The molecule has 3 aromatic rings. The molecule has 0 radical (unpaired) electrons. The van der Waals surface area contributed by atoms with Crippen LogP contribution < -0.4 is 15.6 Å². The van der Waals surface area contributed by atoms with E-state index in [9.17, 15) is 9.59 Å². The van der Waals surface area contributed by atoms with Gasteiger partial charge in [-0.15, -0.1) is 0 Å². The molecular weight excluding hydrogens is 318 g/mol. The summed E-state index contributed by atoms with van der Waals surface area (Å²) in [6, 6.07) is 12.3. The monoisotopic (exact) mass is 333 g/mol. The van der Waals surface area contributed by atoms with Crippen molar-refractivity contribution in [3.8, 4) is 17.6 Å². The number of carbonyl (C=O) groups excluding carboxylic acids is 1. The van der Waals surface area contributed by atoms with Crippen molar-refractivity contribution >= 4 is 16.8 Å². The van der Waals surface area contributed by atoms with E-state index in [0.717, 1.165) is 10.9 Å². The molecule has 6 nitrogen and oxygen atoms in total. The summed E-state index contributed by atoms with van der Waals surface area (Å²) >= 11 is 0. The molecule has 0 aliphatic carbocycles. The van der Waals surface area contributed by atoms with Crippen molar-refractivity contribution in [2.75, 3.05) is 13.2 Å². The number of pyridine rings is 2. The Morgan fingerprint density at radius 3 is 2.88 bits per heavy atom. The first-order chi connectivity index (χ1) is 12.2. The zero-order valence-electron chi connectivity index (χ0n) is 13.3. The van der Waals surface area contributed by atoms with Crippen LogP contribution in [0.15, 0.2) is 59.7 Å². The highest BCUT2D eigenvalue weighted by Crippen LogP contribution is 2.22. The maximum absolute atomic E-state index is 11.8. The van der Waals surface area contributed by atoms with Gasteiger partial charge in [0.15, 0.2) is 0 Å². The lowest BCUT2D eigenvalue weighted by Crippen LogP contribution is -2.24. The largest absolute Gasteiger partial charge is 0.479 e. The summed E-state index contributed by atoms with van der Waals surface area (Å²) in [5, 5.41) is 3.65. The number of aromatic amines is 1. The van der Waals surface area contributed by atoms with Crippen LogP contribution in [0.1, 0.15) is 10.4 Å². The van der Waals surface area contributed by atoms with E-state index in [1.54, 1.807) is 6.20 Å². The van der Waals surface area contributed by atoms with E-state index in [4.69, 9.17) is 4.74 Å². The molecule has 1 amide bonds. The number of nitrogens with zero attached hydrogens (tertiary/aromatic N) is 1. The van der Waals surface area contributed by atoms with Crippen LogP contribution in [-0.2, 0) is 0 Å². The quantitative estimate of drug-likeness (QED) is 0.712. The summed E-state index contributed by atoms with van der Waals surface area (Å²) in [5.74, 6) is 6.03. The van der Waals surface area contributed by atoms with Crippen molar-refractivity contribution < 1.29 is 9.53 Å². The second kappa shape index (κ2) is 7.79. The van der Waals surface area contributed by atoms with Gasteiger partial charge in [-0.2, -0.15) is 0 Å². The van der Waals surface area contributed by atoms with E-state index in [2.05, 4.69) is 27.1 Å². The first kappa shape index (κ1) is 16.3. The van der Waals surface area contributed by atoms with Crippen LogP contribution in [0.5, 0.6) is 5.75 Å². The number of para-hydroxylation sites is 1. The normalized spacial score (nSPS) is 9.92. The van der Waals surface area contributed by atoms with Gasteiger partial charge in [0.05, 0.1) is 12.1 Å². The Morgan fingerprint density at radius 1 is 1.16 bits per heavy atom. The standard InChI is InChI=1S/C19H15N3O3/c23-17-9-8-15(13-22-17)19(24)21-10-1-2-12-25-16-7-3-5-14-6-4-11-20-18(14)16/h3-9,11,13H,10,12H2,(H,21,24)(H,22,23). The SMILES string of the molecule is O=C(NCC#CCOc1cccc2cccnc12)c1ccc(=O)[nH]c1. The Bertz CT molecular complexity index is 990. The van der Waals surface area contributed by atoms with Crippen LogP contribution in [0, 0.1) is 11.8 Å². The summed E-state index contributed by atoms with van der Waals surface area (Å²) in [7, 11) is 0. The average Bonchev–Trinajstić information content (AvgIpc) is 2.65. The third-order valence-electron chi connectivity index (χ3n) is 3.40. The predicted octanol–water partition coefficient (Wildman–Crippen LogP) is 1.74. The first-order valence-electron chi connectivity index (χ1n) is 7.63. The van der Waals surface area contributed by atoms with Crippen LogP contribution in [0.4, 0.5) is 0 Å². The third-order valence-corrected chi connectivity index (χ3v) is 3.40. The molecule has 0 atom stereocenters. The highest BCUT2D eigenvalue weighted by atomic mass is 16.5. The van der Waals surface area contributed by atoms with Gasteiger partial charge >= 0.3 is 0 Å². The fourth-order valence-electron chi connectivity index (χ4n) is 2.20. The van der Waals surface area contributed by atoms with Crippen molar-refractivity contribution in [2.24, 2.45) is 0 Å². The van der Waals surface area contributed by atoms with Crippen molar-refractivity contribution in [1.82, 2.24) is 15.3 Å². The number of carbonyl (C=O) groups is 1. The molecule has 2 aromatic heterocycles. The summed E-state index contributed by atoms with van der Waals surface area (Å²) in [6.07, 6.45) is 3.08. The number of aromatic nitrogens is 2. The lowest BCUT2D eigenvalue weighted by molar-refractivity contribution is 0.0958. The second-order valence-corrected chi connectivity index (χ2v) is 5.10. The number of nitrogens with one attached hydrogen (secondary N) is 2. The van der Waals surface area contributed by atoms with Crippen molar-refractivity contribution in [3.63, 3.8) is 0 Å². The van der Waals surface area contributed by atoms with Gasteiger partial charge in [0.25, 0.3) is 5.91 Å². The molecular formula is C19H15N3O3. The molecule has 0 fully saturated rings. The Labute approximate surface area is 143 Å². The first-order valence-corrected chi connectivity index (χ1v) is 7.63. The van der Waals surface area contributed by atoms with Gasteiger partial charge in [0, 0.05) is 23.8 Å². The molecule has 2 heterocycles. The minimum absolute atomic E-state index is 0.190. The Kier molecular flexibility index (Phi) is 5.07. The minimum Gasteiger partial charge on any atom is -0.479 e. The number of amides is 1. The second-order valence-electron chi connectivity index (χ2n) is 5.10. The zero-order valence-corrected chi connectivity index (χ0v) is 13.3. The van der Waals surface area contributed by atoms with Gasteiger partial charge < -0.3 is 15.0 Å². The Morgan fingerprint density at radius 2 is 2.04 bits per heavy atom. The minimum atomic E-state index is -0.301. The molecule has 0 saturated carbocycles. The summed E-state index contributed by atoms with van der Waals surface area (Å²) in [5.41, 5.74) is 0.911. The van der Waals surface area contributed by atoms with Crippen molar-refractivity contribution in [1.29, 1.82) is 0 Å². The number of rotatable bonds is 4. The molecule has 1 aromatic carbocycles. The van der Waals surface area contributed by atoms with Crippen LogP contribution in [0.2, 0.25) is 0 Å². The maximum atomic E-state index is 11.8. The molecule has 0 spiro atoms. The van der Waals surface area contributed by atoms with Gasteiger partial charge in [-0.05, 0) is 18.2 Å². The zero-order chi connectivity index (χ0) is 17.5. The van der Waals surface area contributed by atoms with E-state index >= 15 is 0 Å². The molecule has 25 heavy (non-hydrogen) atoms. The van der Waals surface area contributed by atoms with E-state index in [0.29, 0.717) is 11.3 Å². The molecule has 3 rings (SSSR count). The third kappa shape index (κ3) is 4.24. The molecule has 0 saturated heterocycles. The van der Waals surface area contributed by atoms with E-state index in [1.165, 1.54) is 18.3 Å². The molecule has 2 N–H and O–H groups in total. The topological polar surface area (TPSA) is 84.1 Å². The number of benzene rings is 1. The fourth-order valence-corrected chi connectivity index (χ4v) is 2.20. The number of H-pyrrole nitrogens is 1. The summed E-state index contributed by atoms with van der Waals surface area (Å²) in [6.45, 7) is 0.388. The average molecular weight is 333 g/mol. The Balaban J connectivity index is 1.50. The highest BCUT2D eigenvalue weighted by Gasteiger charge is 2.03. The molecule has 124 valence electrons. The van der Waals surface area contributed by atoms with E-state index in [1.807, 2.05) is 30.3 Å². The predicted molar refractivity (Wildman–Crippen MR) is 94.4 cm³/mol. The van der Waals surface area contributed by atoms with Gasteiger partial charge in [-0.25, -0.2) is 0 Å². The molecule has 0 unspecified atom stereocenters. The van der Waals surface area contributed by atoms with Crippen LogP contribution in [0.3, 0.4) is 0 Å². The van der Waals surface area contributed by atoms with E-state index < -0.39 is 0 Å². The lowest BCUT2D eigenvalue weighted by atomic mass is 10.2. The summed E-state index contributed by atoms with van der Waals surface area (Å²) < 4.78 is 5.64. The van der Waals surface area contributed by atoms with E-state index in [-0.39, 0.29) is 24.6 Å². The van der Waals surface area contributed by atoms with Gasteiger partial charge in [-0.1, -0.05) is 30.0 Å². The molecule has 0 aliphatic heterocycles. The molecule has 0 bridgehead atoms. The van der Waals surface area contributed by atoms with Crippen LogP contribution in [-0.4, -0.2) is 29.0 Å². The highest BCUT2D eigenvalue weighted by molar-refractivity contribution is 5.93. The van der Waals surface area contributed by atoms with Crippen molar-refractivity contribution in [2.45, 2.75) is 0 Å². The van der Waals surface area contributed by atoms with Gasteiger partial charge in [-0.3, -0.25) is 14.6 Å². The fraction of sp³-hybridized carbons (Fsp3) is 0.105. The maximum Gasteiger partial charge on any atom is 0.253 e. The number of fused-ring (bicyclic) bond motifs is 1.